The maximum Gasteiger partial charge on any atom is 0.124 e. The standard InChI is InChI=1S/C18H14O/c19-18-13-16(14-7-3-1-4-8-14)11-12-17(18)15-9-5-2-6-10-15/h1-13,19H. The van der Waals surface area contributed by atoms with Gasteiger partial charge in [-0.2, -0.15) is 0 Å². The summed E-state index contributed by atoms with van der Waals surface area (Å²) in [5.41, 5.74) is 4.02. The molecule has 0 bridgehead atoms. The summed E-state index contributed by atoms with van der Waals surface area (Å²) in [6.45, 7) is 0. The fourth-order valence-corrected chi connectivity index (χ4v) is 2.20. The predicted octanol–water partition coefficient (Wildman–Crippen LogP) is 4.73. The van der Waals surface area contributed by atoms with E-state index in [4.69, 9.17) is 0 Å². The maximum absolute atomic E-state index is 10.2. The summed E-state index contributed by atoms with van der Waals surface area (Å²) in [4.78, 5) is 0. The van der Waals surface area contributed by atoms with Gasteiger partial charge in [0.2, 0.25) is 0 Å². The molecule has 0 saturated heterocycles. The van der Waals surface area contributed by atoms with Crippen molar-refractivity contribution in [2.45, 2.75) is 0 Å². The van der Waals surface area contributed by atoms with Crippen LogP contribution in [0.2, 0.25) is 0 Å². The Kier molecular flexibility index (Phi) is 3.03. The molecule has 3 aromatic carbocycles. The van der Waals surface area contributed by atoms with Gasteiger partial charge in [0.1, 0.15) is 5.75 Å². The summed E-state index contributed by atoms with van der Waals surface area (Å²) >= 11 is 0. The minimum Gasteiger partial charge on any atom is -0.507 e. The van der Waals surface area contributed by atoms with Crippen molar-refractivity contribution in [1.82, 2.24) is 0 Å². The van der Waals surface area contributed by atoms with E-state index >= 15 is 0 Å². The largest absolute Gasteiger partial charge is 0.507 e. The Labute approximate surface area is 112 Å². The molecular formula is C18H14O. The van der Waals surface area contributed by atoms with Crippen LogP contribution in [0.3, 0.4) is 0 Å². The smallest absolute Gasteiger partial charge is 0.124 e. The van der Waals surface area contributed by atoms with E-state index in [-0.39, 0.29) is 0 Å². The third-order valence-electron chi connectivity index (χ3n) is 3.19. The molecule has 3 aromatic rings. The zero-order valence-corrected chi connectivity index (χ0v) is 10.5. The van der Waals surface area contributed by atoms with Crippen molar-refractivity contribution in [2.24, 2.45) is 0 Å². The Bertz CT molecular complexity index is 673. The van der Waals surface area contributed by atoms with Gasteiger partial charge in [-0.25, -0.2) is 0 Å². The topological polar surface area (TPSA) is 20.2 Å². The fourth-order valence-electron chi connectivity index (χ4n) is 2.20. The van der Waals surface area contributed by atoms with Gasteiger partial charge in [0.15, 0.2) is 0 Å². The van der Waals surface area contributed by atoms with Crippen molar-refractivity contribution in [2.75, 3.05) is 0 Å². The second-order valence-electron chi connectivity index (χ2n) is 4.46. The molecule has 0 aliphatic rings. The number of hydrogen-bond donors (Lipinski definition) is 1. The Hall–Kier alpha value is -2.54. The number of hydrogen-bond acceptors (Lipinski definition) is 1. The van der Waals surface area contributed by atoms with Gasteiger partial charge in [0.05, 0.1) is 0 Å². The Morgan fingerprint density at radius 3 is 1.68 bits per heavy atom. The molecule has 0 spiro atoms. The van der Waals surface area contributed by atoms with Crippen molar-refractivity contribution in [3.05, 3.63) is 78.9 Å². The van der Waals surface area contributed by atoms with E-state index in [0.29, 0.717) is 5.75 Å². The summed E-state index contributed by atoms with van der Waals surface area (Å²) in [6.07, 6.45) is 0. The van der Waals surface area contributed by atoms with Gasteiger partial charge in [0, 0.05) is 5.56 Å². The van der Waals surface area contributed by atoms with Crippen LogP contribution in [0.1, 0.15) is 0 Å². The SMILES string of the molecule is Oc1cc(-c2ccccc2)ccc1-c1ccccc1. The summed E-state index contributed by atoms with van der Waals surface area (Å²) in [7, 11) is 0. The predicted molar refractivity (Wildman–Crippen MR) is 79.0 cm³/mol. The maximum atomic E-state index is 10.2. The van der Waals surface area contributed by atoms with Gasteiger partial charge in [-0.3, -0.25) is 0 Å². The molecule has 0 radical (unpaired) electrons. The molecule has 0 heterocycles. The molecular weight excluding hydrogens is 232 g/mol. The molecule has 3 rings (SSSR count). The highest BCUT2D eigenvalue weighted by Crippen LogP contribution is 2.33. The summed E-state index contributed by atoms with van der Waals surface area (Å²) < 4.78 is 0. The van der Waals surface area contributed by atoms with E-state index in [2.05, 4.69) is 0 Å². The Morgan fingerprint density at radius 2 is 1.11 bits per heavy atom. The minimum absolute atomic E-state index is 0.313. The number of phenols is 1. The second-order valence-corrected chi connectivity index (χ2v) is 4.46. The number of aromatic hydroxyl groups is 1. The van der Waals surface area contributed by atoms with E-state index in [1.165, 1.54) is 0 Å². The average molecular weight is 246 g/mol. The molecule has 0 aromatic heterocycles. The molecule has 1 nitrogen and oxygen atoms in total. The molecule has 19 heavy (non-hydrogen) atoms. The van der Waals surface area contributed by atoms with Crippen molar-refractivity contribution in [3.8, 4) is 28.0 Å². The number of rotatable bonds is 2. The quantitative estimate of drug-likeness (QED) is 0.693. The fraction of sp³-hybridized carbons (Fsp3) is 0. The monoisotopic (exact) mass is 246 g/mol. The lowest BCUT2D eigenvalue weighted by Gasteiger charge is -2.08. The second kappa shape index (κ2) is 4.99. The highest BCUT2D eigenvalue weighted by atomic mass is 16.3. The van der Waals surface area contributed by atoms with Crippen LogP contribution in [0.4, 0.5) is 0 Å². The van der Waals surface area contributed by atoms with Gasteiger partial charge >= 0.3 is 0 Å². The van der Waals surface area contributed by atoms with E-state index in [1.54, 1.807) is 0 Å². The highest BCUT2D eigenvalue weighted by molar-refractivity contribution is 5.75. The molecule has 0 saturated carbocycles. The highest BCUT2D eigenvalue weighted by Gasteiger charge is 2.05. The summed E-state index contributed by atoms with van der Waals surface area (Å²) in [5, 5.41) is 10.2. The molecule has 0 fully saturated rings. The lowest BCUT2D eigenvalue weighted by molar-refractivity contribution is 0.477. The Morgan fingerprint density at radius 1 is 0.526 bits per heavy atom. The van der Waals surface area contributed by atoms with Crippen LogP contribution in [0, 0.1) is 0 Å². The first-order valence-corrected chi connectivity index (χ1v) is 6.28. The molecule has 1 heteroatoms. The zero-order valence-electron chi connectivity index (χ0n) is 10.5. The molecule has 0 unspecified atom stereocenters. The number of phenolic OH excluding ortho intramolecular Hbond substituents is 1. The first-order chi connectivity index (χ1) is 9.34. The van der Waals surface area contributed by atoms with E-state index in [9.17, 15) is 5.11 Å². The molecule has 0 aliphatic carbocycles. The lowest BCUT2D eigenvalue weighted by atomic mass is 9.99. The van der Waals surface area contributed by atoms with Crippen LogP contribution in [-0.2, 0) is 0 Å². The molecule has 0 atom stereocenters. The summed E-state index contributed by atoms with van der Waals surface area (Å²) in [5.74, 6) is 0.313. The third-order valence-corrected chi connectivity index (χ3v) is 3.19. The van der Waals surface area contributed by atoms with E-state index in [1.807, 2.05) is 78.9 Å². The van der Waals surface area contributed by atoms with Crippen LogP contribution in [0.15, 0.2) is 78.9 Å². The van der Waals surface area contributed by atoms with Gasteiger partial charge in [-0.15, -0.1) is 0 Å². The van der Waals surface area contributed by atoms with Crippen molar-refractivity contribution >= 4 is 0 Å². The molecule has 92 valence electrons. The first kappa shape index (κ1) is 11.5. The zero-order chi connectivity index (χ0) is 13.1. The minimum atomic E-state index is 0.313. The van der Waals surface area contributed by atoms with Crippen LogP contribution in [-0.4, -0.2) is 5.11 Å². The molecule has 0 aliphatic heterocycles. The third kappa shape index (κ3) is 2.36. The lowest BCUT2D eigenvalue weighted by Crippen LogP contribution is -1.81. The van der Waals surface area contributed by atoms with Crippen molar-refractivity contribution < 1.29 is 5.11 Å². The number of benzene rings is 3. The van der Waals surface area contributed by atoms with Gasteiger partial charge in [-0.05, 0) is 22.8 Å². The van der Waals surface area contributed by atoms with Gasteiger partial charge < -0.3 is 5.11 Å². The van der Waals surface area contributed by atoms with Gasteiger partial charge in [0.25, 0.3) is 0 Å². The normalized spacial score (nSPS) is 10.3. The van der Waals surface area contributed by atoms with E-state index in [0.717, 1.165) is 22.3 Å². The average Bonchev–Trinajstić information content (AvgIpc) is 2.49. The van der Waals surface area contributed by atoms with Crippen molar-refractivity contribution in [3.63, 3.8) is 0 Å². The van der Waals surface area contributed by atoms with Gasteiger partial charge in [-0.1, -0.05) is 72.8 Å². The van der Waals surface area contributed by atoms with E-state index < -0.39 is 0 Å². The summed E-state index contributed by atoms with van der Waals surface area (Å²) in [6, 6.07) is 25.8. The molecule has 0 amide bonds. The van der Waals surface area contributed by atoms with Crippen LogP contribution in [0.5, 0.6) is 5.75 Å². The Balaban J connectivity index is 2.04. The van der Waals surface area contributed by atoms with Crippen molar-refractivity contribution in [1.29, 1.82) is 0 Å². The van der Waals surface area contributed by atoms with Crippen LogP contribution >= 0.6 is 0 Å². The van der Waals surface area contributed by atoms with Crippen LogP contribution in [0.25, 0.3) is 22.3 Å². The first-order valence-electron chi connectivity index (χ1n) is 6.28. The molecule has 1 N–H and O–H groups in total. The van der Waals surface area contributed by atoms with Crippen LogP contribution < -0.4 is 0 Å².